The fraction of sp³-hybridized carbons (Fsp3) is 0.900. The zero-order valence-electron chi connectivity index (χ0n) is 9.50. The van der Waals surface area contributed by atoms with Gasteiger partial charge in [-0.3, -0.25) is 4.79 Å². The average molecular weight is 254 g/mol. The van der Waals surface area contributed by atoms with Gasteiger partial charge < -0.3 is 15.4 Å². The predicted octanol–water partition coefficient (Wildman–Crippen LogP) is 0.905. The summed E-state index contributed by atoms with van der Waals surface area (Å²) in [5.41, 5.74) is 5.28. The maximum Gasteiger partial charge on any atom is 0.471 e. The molecule has 1 rings (SSSR count). The summed E-state index contributed by atoms with van der Waals surface area (Å²) in [7, 11) is 0. The Labute approximate surface area is 97.9 Å². The van der Waals surface area contributed by atoms with E-state index in [0.29, 0.717) is 32.4 Å². The number of rotatable bonds is 4. The maximum atomic E-state index is 12.2. The first-order chi connectivity index (χ1) is 7.95. The predicted molar refractivity (Wildman–Crippen MR) is 55.3 cm³/mol. The van der Waals surface area contributed by atoms with Crippen molar-refractivity contribution in [2.75, 3.05) is 26.2 Å². The summed E-state index contributed by atoms with van der Waals surface area (Å²) in [5.74, 6) is -1.77. The van der Waals surface area contributed by atoms with Crippen LogP contribution in [0.3, 0.4) is 0 Å². The number of hydrogen-bond acceptors (Lipinski definition) is 3. The molecule has 1 unspecified atom stereocenters. The van der Waals surface area contributed by atoms with Gasteiger partial charge in [-0.2, -0.15) is 13.2 Å². The highest BCUT2D eigenvalue weighted by Gasteiger charge is 2.43. The Balaban J connectivity index is 2.41. The number of likely N-dealkylation sites (tertiary alicyclic amines) is 1. The first kappa shape index (κ1) is 14.2. The lowest BCUT2D eigenvalue weighted by molar-refractivity contribution is -0.188. The highest BCUT2D eigenvalue weighted by atomic mass is 19.4. The lowest BCUT2D eigenvalue weighted by Crippen LogP contribution is -2.48. The molecule has 1 aliphatic rings. The summed E-state index contributed by atoms with van der Waals surface area (Å²) < 4.78 is 42.0. The third kappa shape index (κ3) is 4.51. The summed E-state index contributed by atoms with van der Waals surface area (Å²) in [6, 6.07) is 0. The minimum absolute atomic E-state index is 0.0168. The number of piperidine rings is 1. The van der Waals surface area contributed by atoms with E-state index in [2.05, 4.69) is 0 Å². The molecular weight excluding hydrogens is 237 g/mol. The standard InChI is InChI=1S/C10H17F3N2O2/c11-10(12,13)9(16)15-5-1-3-8(7-15)17-6-2-4-14/h8H,1-7,14H2. The lowest BCUT2D eigenvalue weighted by Gasteiger charge is -2.33. The molecule has 1 fully saturated rings. The first-order valence-corrected chi connectivity index (χ1v) is 5.63. The lowest BCUT2D eigenvalue weighted by atomic mass is 10.1. The molecule has 7 heteroatoms. The normalized spacial score (nSPS) is 21.6. The van der Waals surface area contributed by atoms with Crippen molar-refractivity contribution in [1.82, 2.24) is 4.90 Å². The Hall–Kier alpha value is -0.820. The fourth-order valence-electron chi connectivity index (χ4n) is 1.77. The van der Waals surface area contributed by atoms with Crippen LogP contribution in [-0.2, 0) is 9.53 Å². The van der Waals surface area contributed by atoms with Crippen molar-refractivity contribution < 1.29 is 22.7 Å². The molecule has 1 atom stereocenters. The Morgan fingerprint density at radius 3 is 2.76 bits per heavy atom. The van der Waals surface area contributed by atoms with E-state index in [1.54, 1.807) is 0 Å². The summed E-state index contributed by atoms with van der Waals surface area (Å²) in [6.45, 7) is 1.07. The Morgan fingerprint density at radius 1 is 1.47 bits per heavy atom. The number of nitrogens with zero attached hydrogens (tertiary/aromatic N) is 1. The number of hydrogen-bond donors (Lipinski definition) is 1. The van der Waals surface area contributed by atoms with Crippen LogP contribution in [0.1, 0.15) is 19.3 Å². The molecule has 0 radical (unpaired) electrons. The van der Waals surface area contributed by atoms with Crippen LogP contribution in [0.25, 0.3) is 0 Å². The van der Waals surface area contributed by atoms with Gasteiger partial charge >= 0.3 is 12.1 Å². The summed E-state index contributed by atoms with van der Waals surface area (Å²) in [5, 5.41) is 0. The molecule has 0 bridgehead atoms. The van der Waals surface area contributed by atoms with Crippen molar-refractivity contribution in [3.8, 4) is 0 Å². The smallest absolute Gasteiger partial charge is 0.376 e. The van der Waals surface area contributed by atoms with Gasteiger partial charge in [-0.15, -0.1) is 0 Å². The number of nitrogens with two attached hydrogens (primary N) is 1. The molecule has 100 valence electrons. The van der Waals surface area contributed by atoms with Crippen LogP contribution in [0.2, 0.25) is 0 Å². The van der Waals surface area contributed by atoms with Crippen molar-refractivity contribution in [1.29, 1.82) is 0 Å². The fourth-order valence-corrected chi connectivity index (χ4v) is 1.77. The highest BCUT2D eigenvalue weighted by molar-refractivity contribution is 5.81. The Morgan fingerprint density at radius 2 is 2.18 bits per heavy atom. The van der Waals surface area contributed by atoms with Gasteiger partial charge in [-0.25, -0.2) is 0 Å². The molecule has 17 heavy (non-hydrogen) atoms. The van der Waals surface area contributed by atoms with Crippen LogP contribution in [0.15, 0.2) is 0 Å². The molecule has 2 N–H and O–H groups in total. The van der Waals surface area contributed by atoms with Crippen molar-refractivity contribution in [2.24, 2.45) is 5.73 Å². The van der Waals surface area contributed by atoms with Crippen LogP contribution >= 0.6 is 0 Å². The largest absolute Gasteiger partial charge is 0.471 e. The van der Waals surface area contributed by atoms with E-state index in [1.807, 2.05) is 0 Å². The topological polar surface area (TPSA) is 55.6 Å². The molecule has 0 aromatic rings. The molecule has 4 nitrogen and oxygen atoms in total. The number of carbonyl (C=O) groups is 1. The van der Waals surface area contributed by atoms with E-state index in [4.69, 9.17) is 10.5 Å². The van der Waals surface area contributed by atoms with E-state index in [-0.39, 0.29) is 19.2 Å². The van der Waals surface area contributed by atoms with Crippen molar-refractivity contribution in [3.05, 3.63) is 0 Å². The van der Waals surface area contributed by atoms with Gasteiger partial charge in [0.2, 0.25) is 0 Å². The second-order valence-corrected chi connectivity index (χ2v) is 4.03. The van der Waals surface area contributed by atoms with Crippen LogP contribution in [0.5, 0.6) is 0 Å². The highest BCUT2D eigenvalue weighted by Crippen LogP contribution is 2.22. The van der Waals surface area contributed by atoms with E-state index >= 15 is 0 Å². The van der Waals surface area contributed by atoms with Gasteiger partial charge in [-0.05, 0) is 25.8 Å². The number of carbonyl (C=O) groups excluding carboxylic acids is 1. The first-order valence-electron chi connectivity index (χ1n) is 5.63. The second kappa shape index (κ2) is 6.20. The number of ether oxygens (including phenoxy) is 1. The zero-order valence-corrected chi connectivity index (χ0v) is 9.50. The zero-order chi connectivity index (χ0) is 12.9. The molecular formula is C10H17F3N2O2. The van der Waals surface area contributed by atoms with E-state index in [1.165, 1.54) is 0 Å². The Kier molecular flexibility index (Phi) is 5.20. The SMILES string of the molecule is NCCCOC1CCCN(C(=O)C(F)(F)F)C1. The monoisotopic (exact) mass is 254 g/mol. The van der Waals surface area contributed by atoms with Gasteiger partial charge in [-0.1, -0.05) is 0 Å². The average Bonchev–Trinajstić information content (AvgIpc) is 2.28. The molecule has 0 aromatic heterocycles. The second-order valence-electron chi connectivity index (χ2n) is 4.03. The van der Waals surface area contributed by atoms with Gasteiger partial charge in [0.25, 0.3) is 0 Å². The molecule has 0 aliphatic carbocycles. The van der Waals surface area contributed by atoms with Crippen LogP contribution < -0.4 is 5.73 Å². The molecule has 0 spiro atoms. The van der Waals surface area contributed by atoms with Crippen molar-refractivity contribution in [2.45, 2.75) is 31.5 Å². The van der Waals surface area contributed by atoms with Gasteiger partial charge in [0.05, 0.1) is 6.10 Å². The van der Waals surface area contributed by atoms with Crippen LogP contribution in [-0.4, -0.2) is 49.3 Å². The molecule has 0 saturated carbocycles. The molecule has 1 saturated heterocycles. The molecule has 1 aliphatic heterocycles. The summed E-state index contributed by atoms with van der Waals surface area (Å²) >= 11 is 0. The number of amides is 1. The number of halogens is 3. The summed E-state index contributed by atoms with van der Waals surface area (Å²) in [6.07, 6.45) is -3.20. The maximum absolute atomic E-state index is 12.2. The number of alkyl halides is 3. The van der Waals surface area contributed by atoms with E-state index in [0.717, 1.165) is 4.90 Å². The van der Waals surface area contributed by atoms with Crippen molar-refractivity contribution in [3.63, 3.8) is 0 Å². The van der Waals surface area contributed by atoms with Gasteiger partial charge in [0, 0.05) is 19.7 Å². The molecule has 0 aromatic carbocycles. The van der Waals surface area contributed by atoms with Crippen LogP contribution in [0, 0.1) is 0 Å². The third-order valence-electron chi connectivity index (χ3n) is 2.61. The van der Waals surface area contributed by atoms with Gasteiger partial charge in [0.1, 0.15) is 0 Å². The third-order valence-corrected chi connectivity index (χ3v) is 2.61. The minimum Gasteiger partial charge on any atom is -0.376 e. The van der Waals surface area contributed by atoms with E-state index in [9.17, 15) is 18.0 Å². The Bertz CT molecular complexity index is 258. The van der Waals surface area contributed by atoms with Crippen molar-refractivity contribution >= 4 is 5.91 Å². The van der Waals surface area contributed by atoms with Gasteiger partial charge in [0.15, 0.2) is 0 Å². The molecule has 1 amide bonds. The quantitative estimate of drug-likeness (QED) is 0.758. The van der Waals surface area contributed by atoms with E-state index < -0.39 is 12.1 Å². The minimum atomic E-state index is -4.79. The summed E-state index contributed by atoms with van der Waals surface area (Å²) in [4.78, 5) is 11.8. The van der Waals surface area contributed by atoms with Crippen LogP contribution in [0.4, 0.5) is 13.2 Å². The molecule has 1 heterocycles.